The van der Waals surface area contributed by atoms with Crippen LogP contribution in [0, 0.1) is 50.2 Å². The maximum atomic E-state index is 13.2. The predicted octanol–water partition coefficient (Wildman–Crippen LogP) is 6.40. The smallest absolute Gasteiger partial charge is 0.310 e. The van der Waals surface area contributed by atoms with E-state index in [2.05, 4.69) is 60.0 Å². The van der Waals surface area contributed by atoms with Crippen LogP contribution < -0.4 is 5.48 Å². The summed E-state index contributed by atoms with van der Waals surface area (Å²) in [6.45, 7) is 16.1. The van der Waals surface area contributed by atoms with Gasteiger partial charge in [-0.2, -0.15) is 5.48 Å². The zero-order valence-corrected chi connectivity index (χ0v) is 23.0. The Labute approximate surface area is 211 Å². The minimum absolute atomic E-state index is 0.0331. The van der Waals surface area contributed by atoms with E-state index < -0.39 is 22.8 Å². The van der Waals surface area contributed by atoms with Crippen LogP contribution >= 0.6 is 0 Å². The molecule has 8 atom stereocenters. The van der Waals surface area contributed by atoms with Gasteiger partial charge in [0.15, 0.2) is 5.78 Å². The molecule has 0 amide bonds. The van der Waals surface area contributed by atoms with E-state index in [4.69, 9.17) is 0 Å². The Hall–Kier alpha value is -1.20. The fourth-order valence-electron chi connectivity index (χ4n) is 10.7. The summed E-state index contributed by atoms with van der Waals surface area (Å²) in [4.78, 5) is 26.0. The van der Waals surface area contributed by atoms with Crippen LogP contribution in [-0.2, 0) is 9.59 Å². The normalized spacial score (nSPS) is 50.2. The van der Waals surface area contributed by atoms with Gasteiger partial charge in [-0.1, -0.05) is 60.1 Å². The minimum Gasteiger partial charge on any atom is -0.481 e. The molecule has 5 heteroatoms. The van der Waals surface area contributed by atoms with E-state index in [-0.39, 0.29) is 33.4 Å². The van der Waals surface area contributed by atoms with Crippen LogP contribution in [0.5, 0.6) is 0 Å². The molecule has 0 aromatic carbocycles. The van der Waals surface area contributed by atoms with Gasteiger partial charge in [-0.3, -0.25) is 9.59 Å². The highest BCUT2D eigenvalue weighted by molar-refractivity contribution is 5.90. The van der Waals surface area contributed by atoms with Crippen LogP contribution in [0.1, 0.15) is 106 Å². The molecule has 0 aromatic rings. The second kappa shape index (κ2) is 7.43. The topological polar surface area (TPSA) is 86.6 Å². The number of hydrogen-bond acceptors (Lipinski definition) is 4. The summed E-state index contributed by atoms with van der Waals surface area (Å²) in [5.74, 6) is 0.353. The number of ketones is 1. The number of carboxylic acids is 1. The van der Waals surface area contributed by atoms with E-state index in [0.717, 1.165) is 51.4 Å². The van der Waals surface area contributed by atoms with Crippen molar-refractivity contribution in [2.24, 2.45) is 50.2 Å². The lowest BCUT2D eigenvalue weighted by atomic mass is 9.33. The van der Waals surface area contributed by atoms with Gasteiger partial charge >= 0.3 is 5.97 Å². The molecule has 196 valence electrons. The number of hydroxylamine groups is 1. The van der Waals surface area contributed by atoms with Gasteiger partial charge in [0.2, 0.25) is 0 Å². The number of allylic oxidation sites excluding steroid dienone is 2. The van der Waals surface area contributed by atoms with Crippen molar-refractivity contribution in [1.29, 1.82) is 0 Å². The van der Waals surface area contributed by atoms with Crippen molar-refractivity contribution in [3.8, 4) is 0 Å². The van der Waals surface area contributed by atoms with Gasteiger partial charge in [-0.05, 0) is 97.2 Å². The maximum Gasteiger partial charge on any atom is 0.310 e. The number of nitrogens with one attached hydrogen (secondary N) is 1. The van der Waals surface area contributed by atoms with Crippen LogP contribution in [0.2, 0.25) is 0 Å². The number of aliphatic carboxylic acids is 1. The Morgan fingerprint density at radius 1 is 0.943 bits per heavy atom. The molecule has 5 nitrogen and oxygen atoms in total. The molecular formula is C30H47NO4. The number of fused-ring (bicyclic) bond motifs is 7. The summed E-state index contributed by atoms with van der Waals surface area (Å²) in [5.41, 5.74) is 2.83. The summed E-state index contributed by atoms with van der Waals surface area (Å²) in [7, 11) is 0. The zero-order valence-electron chi connectivity index (χ0n) is 23.0. The molecule has 35 heavy (non-hydrogen) atoms. The quantitative estimate of drug-likeness (QED) is 0.311. The lowest BCUT2D eigenvalue weighted by Crippen LogP contribution is -2.67. The van der Waals surface area contributed by atoms with Crippen molar-refractivity contribution in [3.05, 3.63) is 11.6 Å². The number of rotatable bonds is 2. The molecule has 5 rings (SSSR count). The molecule has 0 aromatic heterocycles. The van der Waals surface area contributed by atoms with E-state index >= 15 is 0 Å². The van der Waals surface area contributed by atoms with E-state index in [1.807, 2.05) is 0 Å². The summed E-state index contributed by atoms with van der Waals surface area (Å²) >= 11 is 0. The van der Waals surface area contributed by atoms with E-state index in [0.29, 0.717) is 18.3 Å². The van der Waals surface area contributed by atoms with Gasteiger partial charge < -0.3 is 10.3 Å². The van der Waals surface area contributed by atoms with Crippen LogP contribution in [0.25, 0.3) is 0 Å². The van der Waals surface area contributed by atoms with E-state index in [9.17, 15) is 19.9 Å². The molecule has 0 aliphatic heterocycles. The zero-order chi connectivity index (χ0) is 25.8. The molecule has 0 saturated heterocycles. The average Bonchev–Trinajstić information content (AvgIpc) is 2.76. The van der Waals surface area contributed by atoms with Gasteiger partial charge in [-0.25, -0.2) is 0 Å². The minimum atomic E-state index is -0.615. The number of carboxylic acid groups (broad SMARTS) is 1. The van der Waals surface area contributed by atoms with Crippen molar-refractivity contribution in [1.82, 2.24) is 5.48 Å². The highest BCUT2D eigenvalue weighted by atomic mass is 16.5. The van der Waals surface area contributed by atoms with E-state index in [1.165, 1.54) is 5.57 Å². The first kappa shape index (κ1) is 25.4. The Morgan fingerprint density at radius 2 is 1.60 bits per heavy atom. The summed E-state index contributed by atoms with van der Waals surface area (Å²) in [5, 5.41) is 20.4. The standard InChI is InChI=1S/C30H47NO4/c1-25(2)12-14-30(24(33)34)15-13-28(6)18(19(30)16-25)8-9-22-27(5)17-20(31-35)23(32)26(3,4)21(27)10-11-29(22,28)7/h8,19-22,31,35H,9-17H2,1-7H3,(H,33,34)/t19-,20?,21-,22+,27-,28+,29+,30-/m0/s1. The van der Waals surface area contributed by atoms with Gasteiger partial charge in [0.05, 0.1) is 11.5 Å². The van der Waals surface area contributed by atoms with Crippen LogP contribution in [0.3, 0.4) is 0 Å². The molecule has 0 heterocycles. The van der Waals surface area contributed by atoms with Gasteiger partial charge in [-0.15, -0.1) is 0 Å². The first-order valence-corrected chi connectivity index (χ1v) is 14.0. The van der Waals surface area contributed by atoms with Gasteiger partial charge in [0, 0.05) is 5.41 Å². The lowest BCUT2D eigenvalue weighted by molar-refractivity contribution is -0.195. The van der Waals surface area contributed by atoms with Crippen molar-refractivity contribution < 1.29 is 19.9 Å². The van der Waals surface area contributed by atoms with Crippen LogP contribution in [-0.4, -0.2) is 28.1 Å². The Balaban J connectivity index is 1.61. The van der Waals surface area contributed by atoms with Crippen molar-refractivity contribution >= 4 is 11.8 Å². The molecular weight excluding hydrogens is 438 g/mol. The Kier molecular flexibility index (Phi) is 5.40. The van der Waals surface area contributed by atoms with Crippen molar-refractivity contribution in [3.63, 3.8) is 0 Å². The molecule has 4 saturated carbocycles. The van der Waals surface area contributed by atoms with Crippen LogP contribution in [0.4, 0.5) is 0 Å². The predicted molar refractivity (Wildman–Crippen MR) is 136 cm³/mol. The fourth-order valence-corrected chi connectivity index (χ4v) is 10.7. The first-order valence-electron chi connectivity index (χ1n) is 14.0. The summed E-state index contributed by atoms with van der Waals surface area (Å²) in [6.07, 6.45) is 10.6. The molecule has 0 spiro atoms. The highest BCUT2D eigenvalue weighted by Crippen LogP contribution is 2.75. The SMILES string of the molecule is CC1(C)CC[C@]2(C(=O)O)CC[C@]3(C)C(=CC[C@@H]4[C@@]5(C)CC(NO)C(=O)C(C)(C)[C@@H]5CC[C@]43C)[C@@H]2C1. The Morgan fingerprint density at radius 3 is 2.23 bits per heavy atom. The molecule has 0 radical (unpaired) electrons. The highest BCUT2D eigenvalue weighted by Gasteiger charge is 2.70. The van der Waals surface area contributed by atoms with Gasteiger partial charge in [0.1, 0.15) is 0 Å². The number of Topliss-reactive ketones (excluding diaryl/α,β-unsaturated/α-hetero) is 1. The second-order valence-corrected chi connectivity index (χ2v) is 15.1. The maximum absolute atomic E-state index is 13.2. The van der Waals surface area contributed by atoms with Crippen molar-refractivity contribution in [2.45, 2.75) is 112 Å². The summed E-state index contributed by atoms with van der Waals surface area (Å²) < 4.78 is 0. The fraction of sp³-hybridized carbons (Fsp3) is 0.867. The number of carbonyl (C=O) groups excluding carboxylic acids is 1. The third-order valence-corrected chi connectivity index (χ3v) is 13.0. The second-order valence-electron chi connectivity index (χ2n) is 15.1. The molecule has 1 unspecified atom stereocenters. The monoisotopic (exact) mass is 485 g/mol. The molecule has 0 bridgehead atoms. The summed E-state index contributed by atoms with van der Waals surface area (Å²) in [6, 6.07) is -0.517. The number of hydrogen-bond donors (Lipinski definition) is 3. The van der Waals surface area contributed by atoms with E-state index in [1.54, 1.807) is 0 Å². The first-order chi connectivity index (χ1) is 16.1. The molecule has 4 fully saturated rings. The Bertz CT molecular complexity index is 983. The average molecular weight is 486 g/mol. The third kappa shape index (κ3) is 3.06. The molecule has 5 aliphatic rings. The van der Waals surface area contributed by atoms with Crippen molar-refractivity contribution in [2.75, 3.05) is 0 Å². The van der Waals surface area contributed by atoms with Crippen LogP contribution in [0.15, 0.2) is 11.6 Å². The third-order valence-electron chi connectivity index (χ3n) is 13.0. The number of carbonyl (C=O) groups is 2. The lowest BCUT2D eigenvalue weighted by Gasteiger charge is -2.70. The molecule has 3 N–H and O–H groups in total. The van der Waals surface area contributed by atoms with Gasteiger partial charge in [0.25, 0.3) is 0 Å². The largest absolute Gasteiger partial charge is 0.481 e. The molecule has 5 aliphatic carbocycles.